The molecule has 4 heteroatoms. The molecule has 0 saturated heterocycles. The van der Waals surface area contributed by atoms with E-state index in [1.165, 1.54) is 12.8 Å². The molecule has 1 N–H and O–H groups in total. The molecule has 0 atom stereocenters. The SMILES string of the molecule is CSc1ccccc1C(=O)NC1(CBr)CCCC1. The van der Waals surface area contributed by atoms with E-state index in [-0.39, 0.29) is 11.4 Å². The summed E-state index contributed by atoms with van der Waals surface area (Å²) < 4.78 is 0. The third-order valence-electron chi connectivity index (χ3n) is 3.55. The molecule has 0 aliphatic heterocycles. The zero-order valence-corrected chi connectivity index (χ0v) is 12.9. The summed E-state index contributed by atoms with van der Waals surface area (Å²) in [6.07, 6.45) is 6.56. The highest BCUT2D eigenvalue weighted by Crippen LogP contribution is 2.32. The highest BCUT2D eigenvalue weighted by molar-refractivity contribution is 9.09. The maximum Gasteiger partial charge on any atom is 0.252 e. The predicted octanol–water partition coefficient (Wildman–Crippen LogP) is 3.85. The summed E-state index contributed by atoms with van der Waals surface area (Å²) in [6, 6.07) is 7.79. The Morgan fingerprint density at radius 3 is 2.67 bits per heavy atom. The van der Waals surface area contributed by atoms with Crippen LogP contribution >= 0.6 is 27.7 Å². The maximum atomic E-state index is 12.4. The van der Waals surface area contributed by atoms with Crippen LogP contribution in [0.3, 0.4) is 0 Å². The van der Waals surface area contributed by atoms with E-state index < -0.39 is 0 Å². The van der Waals surface area contributed by atoms with Crippen LogP contribution in [0.25, 0.3) is 0 Å². The summed E-state index contributed by atoms with van der Waals surface area (Å²) in [7, 11) is 0. The van der Waals surface area contributed by atoms with Gasteiger partial charge in [-0.2, -0.15) is 0 Å². The lowest BCUT2D eigenvalue weighted by molar-refractivity contribution is 0.0907. The van der Waals surface area contributed by atoms with E-state index in [2.05, 4.69) is 21.2 Å². The molecule has 98 valence electrons. The number of hydrogen-bond donors (Lipinski definition) is 1. The van der Waals surface area contributed by atoms with Crippen molar-refractivity contribution in [3.8, 4) is 0 Å². The van der Waals surface area contributed by atoms with E-state index >= 15 is 0 Å². The van der Waals surface area contributed by atoms with E-state index in [4.69, 9.17) is 0 Å². The molecule has 0 spiro atoms. The topological polar surface area (TPSA) is 29.1 Å². The molecule has 1 saturated carbocycles. The standard InChI is InChI=1S/C14H18BrNOS/c1-18-12-7-3-2-6-11(12)13(17)16-14(10-15)8-4-5-9-14/h2-3,6-7H,4-5,8-10H2,1H3,(H,16,17). The molecule has 0 aromatic heterocycles. The summed E-state index contributed by atoms with van der Waals surface area (Å²) >= 11 is 5.17. The second-order valence-electron chi connectivity index (χ2n) is 4.78. The fourth-order valence-corrected chi connectivity index (χ4v) is 3.78. The van der Waals surface area contributed by atoms with Crippen LogP contribution < -0.4 is 5.32 Å². The normalized spacial score (nSPS) is 17.7. The Kier molecular flexibility index (Phi) is 4.73. The Labute approximate surface area is 121 Å². The molecule has 0 bridgehead atoms. The third kappa shape index (κ3) is 2.91. The molecule has 18 heavy (non-hydrogen) atoms. The number of nitrogens with one attached hydrogen (secondary N) is 1. The minimum atomic E-state index is -0.0391. The van der Waals surface area contributed by atoms with Gasteiger partial charge in [-0.25, -0.2) is 0 Å². The highest BCUT2D eigenvalue weighted by Gasteiger charge is 2.34. The molecular formula is C14H18BrNOS. The van der Waals surface area contributed by atoms with Gasteiger partial charge in [0.25, 0.3) is 5.91 Å². The number of rotatable bonds is 4. The van der Waals surface area contributed by atoms with Crippen LogP contribution in [0.1, 0.15) is 36.0 Å². The Morgan fingerprint density at radius 2 is 2.06 bits per heavy atom. The van der Waals surface area contributed by atoms with Crippen LogP contribution in [0.2, 0.25) is 0 Å². The minimum absolute atomic E-state index is 0.0391. The average Bonchev–Trinajstić information content (AvgIpc) is 2.87. The molecule has 1 amide bonds. The third-order valence-corrected chi connectivity index (χ3v) is 5.42. The van der Waals surface area contributed by atoms with Crippen LogP contribution in [0, 0.1) is 0 Å². The summed E-state index contributed by atoms with van der Waals surface area (Å²) in [5.41, 5.74) is 0.750. The first-order chi connectivity index (χ1) is 8.71. The predicted molar refractivity (Wildman–Crippen MR) is 80.7 cm³/mol. The number of amides is 1. The lowest BCUT2D eigenvalue weighted by Gasteiger charge is -2.28. The number of carbonyl (C=O) groups is 1. The molecule has 2 nitrogen and oxygen atoms in total. The zero-order chi connectivity index (χ0) is 13.0. The van der Waals surface area contributed by atoms with Crippen molar-refractivity contribution in [3.05, 3.63) is 29.8 Å². The van der Waals surface area contributed by atoms with Gasteiger partial charge in [-0.15, -0.1) is 11.8 Å². The Bertz CT molecular complexity index is 430. The van der Waals surface area contributed by atoms with Crippen molar-refractivity contribution in [2.45, 2.75) is 36.1 Å². The fraction of sp³-hybridized carbons (Fsp3) is 0.500. The smallest absolute Gasteiger partial charge is 0.252 e. The summed E-state index contributed by atoms with van der Waals surface area (Å²) in [5.74, 6) is 0.0568. The zero-order valence-electron chi connectivity index (χ0n) is 10.5. The number of hydrogen-bond acceptors (Lipinski definition) is 2. The first-order valence-electron chi connectivity index (χ1n) is 6.22. The molecule has 0 unspecified atom stereocenters. The highest BCUT2D eigenvalue weighted by atomic mass is 79.9. The monoisotopic (exact) mass is 327 g/mol. The Balaban J connectivity index is 2.16. The van der Waals surface area contributed by atoms with E-state index in [0.29, 0.717) is 0 Å². The summed E-state index contributed by atoms with van der Waals surface area (Å²) in [4.78, 5) is 13.4. The molecule has 1 aliphatic carbocycles. The number of alkyl halides is 1. The van der Waals surface area contributed by atoms with Crippen LogP contribution in [-0.4, -0.2) is 23.0 Å². The molecule has 0 heterocycles. The molecular weight excluding hydrogens is 310 g/mol. The fourth-order valence-electron chi connectivity index (χ4n) is 2.48. The van der Waals surface area contributed by atoms with Crippen LogP contribution in [0.5, 0.6) is 0 Å². The van der Waals surface area contributed by atoms with E-state index in [1.54, 1.807) is 11.8 Å². The largest absolute Gasteiger partial charge is 0.346 e. The van der Waals surface area contributed by atoms with Gasteiger partial charge in [0, 0.05) is 10.2 Å². The van der Waals surface area contributed by atoms with Crippen molar-refractivity contribution < 1.29 is 4.79 Å². The van der Waals surface area contributed by atoms with Gasteiger partial charge in [0.2, 0.25) is 0 Å². The van der Waals surface area contributed by atoms with E-state index in [1.807, 2.05) is 30.5 Å². The Morgan fingerprint density at radius 1 is 1.39 bits per heavy atom. The lowest BCUT2D eigenvalue weighted by atomic mass is 10.00. The van der Waals surface area contributed by atoms with Crippen LogP contribution in [0.4, 0.5) is 0 Å². The van der Waals surface area contributed by atoms with Crippen molar-refractivity contribution in [2.75, 3.05) is 11.6 Å². The van der Waals surface area contributed by atoms with Crippen molar-refractivity contribution in [1.29, 1.82) is 0 Å². The van der Waals surface area contributed by atoms with Gasteiger partial charge in [0.15, 0.2) is 0 Å². The van der Waals surface area contributed by atoms with Gasteiger partial charge in [-0.3, -0.25) is 4.79 Å². The number of carbonyl (C=O) groups excluding carboxylic acids is 1. The maximum absolute atomic E-state index is 12.4. The average molecular weight is 328 g/mol. The van der Waals surface area contributed by atoms with Gasteiger partial charge in [0.05, 0.1) is 11.1 Å². The molecule has 1 aromatic rings. The number of thioether (sulfide) groups is 1. The molecule has 1 aliphatic rings. The van der Waals surface area contributed by atoms with Gasteiger partial charge in [0.1, 0.15) is 0 Å². The first-order valence-corrected chi connectivity index (χ1v) is 8.57. The Hall–Kier alpha value is -0.480. The van der Waals surface area contributed by atoms with Crippen molar-refractivity contribution in [3.63, 3.8) is 0 Å². The van der Waals surface area contributed by atoms with E-state index in [9.17, 15) is 4.79 Å². The quantitative estimate of drug-likeness (QED) is 0.672. The molecule has 2 rings (SSSR count). The van der Waals surface area contributed by atoms with Crippen LogP contribution in [-0.2, 0) is 0 Å². The van der Waals surface area contributed by atoms with Crippen molar-refractivity contribution in [2.24, 2.45) is 0 Å². The van der Waals surface area contributed by atoms with Gasteiger partial charge in [-0.1, -0.05) is 40.9 Å². The van der Waals surface area contributed by atoms with E-state index in [0.717, 1.165) is 28.6 Å². The summed E-state index contributed by atoms with van der Waals surface area (Å²) in [6.45, 7) is 0. The number of halogens is 1. The minimum Gasteiger partial charge on any atom is -0.346 e. The molecule has 0 radical (unpaired) electrons. The second kappa shape index (κ2) is 6.11. The van der Waals surface area contributed by atoms with Gasteiger partial charge in [-0.05, 0) is 31.2 Å². The van der Waals surface area contributed by atoms with Crippen molar-refractivity contribution >= 4 is 33.6 Å². The van der Waals surface area contributed by atoms with Crippen LogP contribution in [0.15, 0.2) is 29.2 Å². The molecule has 1 aromatic carbocycles. The number of benzene rings is 1. The van der Waals surface area contributed by atoms with Crippen molar-refractivity contribution in [1.82, 2.24) is 5.32 Å². The van der Waals surface area contributed by atoms with Gasteiger partial charge >= 0.3 is 0 Å². The molecule has 1 fully saturated rings. The second-order valence-corrected chi connectivity index (χ2v) is 6.18. The lowest BCUT2D eigenvalue weighted by Crippen LogP contribution is -2.47. The first kappa shape index (κ1) is 13.9. The summed E-state index contributed by atoms with van der Waals surface area (Å²) in [5, 5.41) is 4.07. The van der Waals surface area contributed by atoms with Gasteiger partial charge < -0.3 is 5.32 Å².